The second-order valence-corrected chi connectivity index (χ2v) is 19.8. The molecule has 0 bridgehead atoms. The van der Waals surface area contributed by atoms with Crippen LogP contribution in [0.4, 0.5) is 24.5 Å². The number of β-amino-alcohol motifs (C(OH)–C–C–N with tert-alkyl or cyclic N) is 1. The SMILES string of the molecule is Cc1ncsc1-c1ccc(CNC(=O)[C@@H]2C[C@@H](O)CN2C(=O)[C@@H](NC(=O)c2cccc(OCCCOc3ccc(N4C(=S)N(c5ccc(C#N)c(C(F)(F)F)c5)C(=O)C4(C)C)cc3)c2)C(C)(C)C)cc1. The molecule has 2 aliphatic heterocycles. The minimum Gasteiger partial charge on any atom is -0.493 e. The number of carbonyl (C=O) groups excluding carboxylic acids is 4. The number of rotatable bonds is 15. The molecule has 3 N–H and O–H groups in total. The van der Waals surface area contributed by atoms with Crippen LogP contribution in [0.2, 0.25) is 0 Å². The van der Waals surface area contributed by atoms with Crippen molar-refractivity contribution in [3.8, 4) is 28.0 Å². The number of thiazole rings is 1. The summed E-state index contributed by atoms with van der Waals surface area (Å²) in [6.07, 6.45) is -5.23. The van der Waals surface area contributed by atoms with E-state index in [-0.39, 0.29) is 49.1 Å². The van der Waals surface area contributed by atoms with E-state index in [1.807, 2.05) is 52.0 Å². The molecule has 0 saturated carbocycles. The van der Waals surface area contributed by atoms with Crippen molar-refractivity contribution in [3.05, 3.63) is 124 Å². The predicted molar refractivity (Wildman–Crippen MR) is 262 cm³/mol. The Balaban J connectivity index is 0.905. The number of benzene rings is 4. The van der Waals surface area contributed by atoms with Crippen molar-refractivity contribution in [1.29, 1.82) is 5.26 Å². The lowest BCUT2D eigenvalue weighted by Crippen LogP contribution is -2.57. The highest BCUT2D eigenvalue weighted by molar-refractivity contribution is 7.81. The summed E-state index contributed by atoms with van der Waals surface area (Å²) in [4.78, 5) is 64.4. The zero-order valence-corrected chi connectivity index (χ0v) is 40.9. The van der Waals surface area contributed by atoms with Crippen LogP contribution in [-0.2, 0) is 27.1 Å². The Morgan fingerprint density at radius 2 is 1.64 bits per heavy atom. The number of nitriles is 1. The van der Waals surface area contributed by atoms with Gasteiger partial charge in [-0.15, -0.1) is 11.3 Å². The lowest BCUT2D eigenvalue weighted by Gasteiger charge is -2.35. The third-order valence-corrected chi connectivity index (χ3v) is 13.4. The van der Waals surface area contributed by atoms with E-state index in [4.69, 9.17) is 21.7 Å². The quantitative estimate of drug-likeness (QED) is 0.0681. The van der Waals surface area contributed by atoms with Crippen molar-refractivity contribution < 1.29 is 46.9 Å². The van der Waals surface area contributed by atoms with Gasteiger partial charge in [-0.3, -0.25) is 24.1 Å². The molecule has 0 radical (unpaired) electrons. The van der Waals surface area contributed by atoms with Crippen LogP contribution in [0.3, 0.4) is 0 Å². The average Bonchev–Trinajstić information content (AvgIpc) is 3.98. The number of halogens is 3. The number of aromatic nitrogens is 1. The summed E-state index contributed by atoms with van der Waals surface area (Å²) in [5.41, 5.74) is 1.51. The van der Waals surface area contributed by atoms with Crippen molar-refractivity contribution in [2.75, 3.05) is 29.6 Å². The molecule has 19 heteroatoms. The minimum absolute atomic E-state index is 0.0299. The second-order valence-electron chi connectivity index (χ2n) is 18.6. The summed E-state index contributed by atoms with van der Waals surface area (Å²) in [6, 6.07) is 23.6. The number of ether oxygens (including phenoxy) is 2. The van der Waals surface area contributed by atoms with E-state index in [9.17, 15) is 42.7 Å². The molecule has 2 fully saturated rings. The van der Waals surface area contributed by atoms with Gasteiger partial charge in [0.2, 0.25) is 11.8 Å². The zero-order valence-electron chi connectivity index (χ0n) is 39.3. The fraction of sp³-hybridized carbons (Fsp3) is 0.353. The monoisotopic (exact) mass is 995 g/mol. The molecule has 0 unspecified atom stereocenters. The number of likely N-dealkylation sites (tertiary alicyclic amines) is 1. The van der Waals surface area contributed by atoms with E-state index in [1.165, 1.54) is 11.0 Å². The highest BCUT2D eigenvalue weighted by Crippen LogP contribution is 2.40. The van der Waals surface area contributed by atoms with Gasteiger partial charge >= 0.3 is 6.18 Å². The number of amides is 4. The third-order valence-electron chi connectivity index (χ3n) is 12.1. The molecular weight excluding hydrogens is 944 g/mol. The number of aliphatic hydroxyl groups is 1. The van der Waals surface area contributed by atoms with E-state index in [2.05, 4.69) is 15.6 Å². The van der Waals surface area contributed by atoms with E-state index in [0.717, 1.165) is 38.7 Å². The lowest BCUT2D eigenvalue weighted by atomic mass is 9.85. The van der Waals surface area contributed by atoms with Crippen molar-refractivity contribution in [3.63, 3.8) is 0 Å². The Bertz CT molecular complexity index is 2820. The zero-order chi connectivity index (χ0) is 50.7. The Labute approximate surface area is 413 Å². The van der Waals surface area contributed by atoms with E-state index in [1.54, 1.807) is 90.2 Å². The first-order valence-corrected chi connectivity index (χ1v) is 23.7. The van der Waals surface area contributed by atoms with Crippen LogP contribution >= 0.6 is 23.6 Å². The largest absolute Gasteiger partial charge is 0.493 e. The van der Waals surface area contributed by atoms with Gasteiger partial charge in [-0.05, 0) is 110 Å². The molecule has 3 atom stereocenters. The Kier molecular flexibility index (Phi) is 15.0. The van der Waals surface area contributed by atoms with Crippen LogP contribution in [0.1, 0.15) is 80.2 Å². The number of aliphatic hydroxyl groups excluding tert-OH is 1. The number of hydrogen-bond donors (Lipinski definition) is 3. The number of hydrogen-bond acceptors (Lipinski definition) is 11. The van der Waals surface area contributed by atoms with Crippen LogP contribution in [-0.4, -0.2) is 87.2 Å². The normalized spacial score (nSPS) is 17.3. The maximum atomic E-state index is 14.2. The Hall–Kier alpha value is -6.88. The van der Waals surface area contributed by atoms with Crippen molar-refractivity contribution >= 4 is 63.7 Å². The molecule has 70 heavy (non-hydrogen) atoms. The molecule has 7 rings (SSSR count). The van der Waals surface area contributed by atoms with Crippen LogP contribution in [0, 0.1) is 23.7 Å². The average molecular weight is 996 g/mol. The summed E-state index contributed by atoms with van der Waals surface area (Å²) in [5, 5.41) is 25.6. The predicted octanol–water partition coefficient (Wildman–Crippen LogP) is 8.20. The molecule has 0 spiro atoms. The number of anilines is 2. The summed E-state index contributed by atoms with van der Waals surface area (Å²) < 4.78 is 53.1. The topological polar surface area (TPSA) is 177 Å². The van der Waals surface area contributed by atoms with Gasteiger partial charge < -0.3 is 35.0 Å². The van der Waals surface area contributed by atoms with Gasteiger partial charge in [0.25, 0.3) is 11.8 Å². The van der Waals surface area contributed by atoms with Gasteiger partial charge in [0.05, 0.1) is 58.3 Å². The van der Waals surface area contributed by atoms with Crippen LogP contribution in [0.15, 0.2) is 96.5 Å². The number of nitrogens with one attached hydrogen (secondary N) is 2. The number of thiocarbonyl (C=S) groups is 1. The van der Waals surface area contributed by atoms with Crippen molar-refractivity contribution in [2.24, 2.45) is 5.41 Å². The van der Waals surface area contributed by atoms with Gasteiger partial charge in [-0.25, -0.2) is 4.98 Å². The molecule has 2 aliphatic rings. The standard InChI is InChI=1S/C51H52F3N7O7S2/c1-30-42(70-29-57-30)32-13-11-31(12-14-32)27-56-45(64)41-25-37(62)28-59(41)46(65)43(49(2,3)4)58-44(63)33-9-7-10-39(23-33)68-22-8-21-67-38-19-17-35(18-20-38)61-48(69)60(47(66)50(61,5)6)36-16-15-34(26-55)40(24-36)51(52,53)54/h7,9-20,23-24,29,37,41,43,62H,8,21-22,25,27-28H2,1-6H3,(H,56,64)(H,58,63)/t37-,41+,43-/m1/s1. The second kappa shape index (κ2) is 20.6. The van der Waals surface area contributed by atoms with Crippen LogP contribution in [0.25, 0.3) is 10.4 Å². The van der Waals surface area contributed by atoms with E-state index >= 15 is 0 Å². The lowest BCUT2D eigenvalue weighted by molar-refractivity contribution is -0.142. The number of alkyl halides is 3. The summed E-state index contributed by atoms with van der Waals surface area (Å²) in [6.45, 7) is 11.2. The number of aryl methyl sites for hydroxylation is 1. The Morgan fingerprint density at radius 3 is 2.27 bits per heavy atom. The first-order valence-electron chi connectivity index (χ1n) is 22.4. The van der Waals surface area contributed by atoms with Gasteiger partial charge in [-0.2, -0.15) is 18.4 Å². The molecule has 2 saturated heterocycles. The first-order chi connectivity index (χ1) is 33.1. The first kappa shape index (κ1) is 51.0. The summed E-state index contributed by atoms with van der Waals surface area (Å²) >= 11 is 7.19. The number of nitrogens with zero attached hydrogens (tertiary/aromatic N) is 5. The van der Waals surface area contributed by atoms with Crippen LogP contribution < -0.4 is 29.9 Å². The smallest absolute Gasteiger partial charge is 0.417 e. The van der Waals surface area contributed by atoms with E-state index in [0.29, 0.717) is 23.6 Å². The Morgan fingerprint density at radius 1 is 0.971 bits per heavy atom. The van der Waals surface area contributed by atoms with Crippen molar-refractivity contribution in [1.82, 2.24) is 20.5 Å². The highest BCUT2D eigenvalue weighted by atomic mass is 32.1. The molecule has 4 amide bonds. The van der Waals surface area contributed by atoms with Gasteiger partial charge in [0.1, 0.15) is 29.1 Å². The van der Waals surface area contributed by atoms with Crippen LogP contribution in [0.5, 0.6) is 11.5 Å². The summed E-state index contributed by atoms with van der Waals surface area (Å²) in [5.74, 6) is -1.05. The fourth-order valence-corrected chi connectivity index (χ4v) is 9.65. The third kappa shape index (κ3) is 11.1. The number of carbonyl (C=O) groups is 4. The van der Waals surface area contributed by atoms with E-state index < -0.39 is 70.1 Å². The molecule has 3 heterocycles. The molecular formula is C51H52F3N7O7S2. The molecule has 4 aromatic carbocycles. The van der Waals surface area contributed by atoms with Gasteiger partial charge in [0, 0.05) is 37.2 Å². The molecule has 1 aromatic heterocycles. The van der Waals surface area contributed by atoms with Gasteiger partial charge in [0.15, 0.2) is 5.11 Å². The van der Waals surface area contributed by atoms with Crippen molar-refractivity contribution in [2.45, 2.75) is 90.8 Å². The maximum absolute atomic E-state index is 14.2. The fourth-order valence-electron chi connectivity index (χ4n) is 8.31. The minimum atomic E-state index is -4.82. The highest BCUT2D eigenvalue weighted by Gasteiger charge is 2.51. The molecule has 5 aromatic rings. The van der Waals surface area contributed by atoms with Gasteiger partial charge in [-0.1, -0.05) is 51.1 Å². The molecule has 366 valence electrons. The maximum Gasteiger partial charge on any atom is 0.417 e. The molecule has 14 nitrogen and oxygen atoms in total. The summed E-state index contributed by atoms with van der Waals surface area (Å²) in [7, 11) is 0. The molecule has 0 aliphatic carbocycles.